The van der Waals surface area contributed by atoms with Gasteiger partial charge in [-0.3, -0.25) is 9.78 Å². The Morgan fingerprint density at radius 1 is 1.47 bits per heavy atom. The van der Waals surface area contributed by atoms with Gasteiger partial charge in [0.25, 0.3) is 5.91 Å². The molecule has 1 aromatic heterocycles. The molecule has 3 aliphatic rings. The maximum atomic E-state index is 12.3. The maximum Gasteiger partial charge on any atom is 0.255 e. The lowest BCUT2D eigenvalue weighted by molar-refractivity contribution is 0.0621. The van der Waals surface area contributed by atoms with Crippen LogP contribution in [0.5, 0.6) is 0 Å². The second-order valence-corrected chi connectivity index (χ2v) is 5.63. The van der Waals surface area contributed by atoms with Crippen molar-refractivity contribution in [1.29, 1.82) is 0 Å². The van der Waals surface area contributed by atoms with Crippen LogP contribution in [0.4, 0.5) is 5.69 Å². The van der Waals surface area contributed by atoms with E-state index < -0.39 is 0 Å². The van der Waals surface area contributed by atoms with E-state index in [4.69, 9.17) is 5.73 Å². The number of aromatic nitrogens is 1. The van der Waals surface area contributed by atoms with Crippen molar-refractivity contribution in [2.24, 2.45) is 5.92 Å². The van der Waals surface area contributed by atoms with Gasteiger partial charge in [0.15, 0.2) is 0 Å². The molecule has 5 heteroatoms. The molecule has 4 rings (SSSR count). The summed E-state index contributed by atoms with van der Waals surface area (Å²) in [7, 11) is 0. The molecule has 3 N–H and O–H groups in total. The second-order valence-electron chi connectivity index (χ2n) is 5.63. The Balaban J connectivity index is 1.71. The summed E-state index contributed by atoms with van der Waals surface area (Å²) in [5, 5.41) is 3.13. The summed E-state index contributed by atoms with van der Waals surface area (Å²) < 4.78 is 0. The molecule has 19 heavy (non-hydrogen) atoms. The van der Waals surface area contributed by atoms with Gasteiger partial charge < -0.3 is 16.0 Å². The van der Waals surface area contributed by atoms with Crippen molar-refractivity contribution >= 4 is 11.6 Å². The highest BCUT2D eigenvalue weighted by atomic mass is 16.1. The first-order valence-corrected chi connectivity index (χ1v) is 6.89. The first-order valence-electron chi connectivity index (χ1n) is 6.89. The highest BCUT2D eigenvalue weighted by Crippen LogP contribution is 2.27. The molecule has 3 saturated heterocycles. The molecule has 1 unspecified atom stereocenters. The van der Waals surface area contributed by atoms with Crippen molar-refractivity contribution in [3.8, 4) is 0 Å². The first kappa shape index (κ1) is 12.4. The molecule has 2 bridgehead atoms. The zero-order valence-corrected chi connectivity index (χ0v) is 11.2. The predicted molar refractivity (Wildman–Crippen MR) is 73.8 cm³/mol. The SMILES string of the molecule is Cc1cc(N)c(C(=O)NC2CN3CCC2CC3)cn1. The van der Waals surface area contributed by atoms with Crippen LogP contribution in [-0.4, -0.2) is 41.5 Å². The number of fused-ring (bicyclic) bond motifs is 3. The van der Waals surface area contributed by atoms with Crippen molar-refractivity contribution in [1.82, 2.24) is 15.2 Å². The zero-order chi connectivity index (χ0) is 13.4. The number of amides is 1. The Morgan fingerprint density at radius 2 is 2.21 bits per heavy atom. The topological polar surface area (TPSA) is 71.2 Å². The molecule has 5 nitrogen and oxygen atoms in total. The smallest absolute Gasteiger partial charge is 0.255 e. The minimum atomic E-state index is -0.0938. The van der Waals surface area contributed by atoms with Crippen LogP contribution >= 0.6 is 0 Å². The number of rotatable bonds is 2. The number of nitrogens with zero attached hydrogens (tertiary/aromatic N) is 2. The van der Waals surface area contributed by atoms with Crippen LogP contribution in [0.25, 0.3) is 0 Å². The normalized spacial score (nSPS) is 29.2. The number of hydrogen-bond donors (Lipinski definition) is 2. The number of nitrogen functional groups attached to an aromatic ring is 1. The van der Waals surface area contributed by atoms with Crippen LogP contribution in [-0.2, 0) is 0 Å². The number of nitrogens with two attached hydrogens (primary N) is 1. The Labute approximate surface area is 113 Å². The third-order valence-electron chi connectivity index (χ3n) is 4.29. The quantitative estimate of drug-likeness (QED) is 0.825. The van der Waals surface area contributed by atoms with Crippen LogP contribution in [0.15, 0.2) is 12.3 Å². The van der Waals surface area contributed by atoms with Crippen molar-refractivity contribution < 1.29 is 4.79 Å². The van der Waals surface area contributed by atoms with Gasteiger partial charge in [-0.15, -0.1) is 0 Å². The fraction of sp³-hybridized carbons (Fsp3) is 0.571. The first-order chi connectivity index (χ1) is 9.13. The number of anilines is 1. The summed E-state index contributed by atoms with van der Waals surface area (Å²) >= 11 is 0. The Bertz CT molecular complexity index is 494. The molecule has 4 heterocycles. The third kappa shape index (κ3) is 2.42. The minimum absolute atomic E-state index is 0.0938. The molecular formula is C14H20N4O. The summed E-state index contributed by atoms with van der Waals surface area (Å²) in [4.78, 5) is 18.8. The lowest BCUT2D eigenvalue weighted by Crippen LogP contribution is -2.57. The van der Waals surface area contributed by atoms with Crippen LogP contribution in [0, 0.1) is 12.8 Å². The third-order valence-corrected chi connectivity index (χ3v) is 4.29. The predicted octanol–water partition coefficient (Wildman–Crippen LogP) is 0.796. The molecule has 3 fully saturated rings. The van der Waals surface area contributed by atoms with Crippen molar-refractivity contribution in [3.63, 3.8) is 0 Å². The molecule has 3 aliphatic heterocycles. The van der Waals surface area contributed by atoms with E-state index in [1.165, 1.54) is 25.9 Å². The maximum absolute atomic E-state index is 12.3. The number of piperidine rings is 3. The fourth-order valence-corrected chi connectivity index (χ4v) is 3.15. The van der Waals surface area contributed by atoms with Gasteiger partial charge in [0.05, 0.1) is 5.56 Å². The number of pyridine rings is 1. The van der Waals surface area contributed by atoms with Crippen LogP contribution < -0.4 is 11.1 Å². The molecule has 0 aliphatic carbocycles. The van der Waals surface area contributed by atoms with E-state index >= 15 is 0 Å². The van der Waals surface area contributed by atoms with E-state index in [9.17, 15) is 4.79 Å². The van der Waals surface area contributed by atoms with Crippen molar-refractivity contribution in [3.05, 3.63) is 23.5 Å². The highest BCUT2D eigenvalue weighted by molar-refractivity contribution is 5.99. The minimum Gasteiger partial charge on any atom is -0.398 e. The van der Waals surface area contributed by atoms with Crippen LogP contribution in [0.1, 0.15) is 28.9 Å². The molecular weight excluding hydrogens is 240 g/mol. The van der Waals surface area contributed by atoms with E-state index in [-0.39, 0.29) is 11.9 Å². The average Bonchev–Trinajstić information content (AvgIpc) is 2.39. The number of hydrogen-bond acceptors (Lipinski definition) is 4. The number of carbonyl (C=O) groups is 1. The Morgan fingerprint density at radius 3 is 2.79 bits per heavy atom. The van der Waals surface area contributed by atoms with E-state index in [1.807, 2.05) is 6.92 Å². The molecule has 0 spiro atoms. The summed E-state index contributed by atoms with van der Waals surface area (Å²) in [5.41, 5.74) is 7.72. The van der Waals surface area contributed by atoms with Gasteiger partial charge in [0.1, 0.15) is 0 Å². The summed E-state index contributed by atoms with van der Waals surface area (Å²) in [6, 6.07) is 2.00. The fourth-order valence-electron chi connectivity index (χ4n) is 3.15. The van der Waals surface area contributed by atoms with Gasteiger partial charge in [0.2, 0.25) is 0 Å². The van der Waals surface area contributed by atoms with E-state index in [0.29, 0.717) is 17.2 Å². The van der Waals surface area contributed by atoms with Gasteiger partial charge in [-0.25, -0.2) is 0 Å². The van der Waals surface area contributed by atoms with Gasteiger partial charge in [-0.2, -0.15) is 0 Å². The van der Waals surface area contributed by atoms with E-state index in [1.54, 1.807) is 12.3 Å². The number of nitrogens with one attached hydrogen (secondary N) is 1. The number of carbonyl (C=O) groups excluding carboxylic acids is 1. The van der Waals surface area contributed by atoms with Crippen molar-refractivity contribution in [2.75, 3.05) is 25.4 Å². The van der Waals surface area contributed by atoms with Gasteiger partial charge in [-0.1, -0.05) is 0 Å². The van der Waals surface area contributed by atoms with Crippen LogP contribution in [0.2, 0.25) is 0 Å². The Kier molecular flexibility index (Phi) is 3.14. The summed E-state index contributed by atoms with van der Waals surface area (Å²) in [6.45, 7) is 5.18. The van der Waals surface area contributed by atoms with Gasteiger partial charge in [0, 0.05) is 30.2 Å². The summed E-state index contributed by atoms with van der Waals surface area (Å²) in [5.74, 6) is 0.525. The summed E-state index contributed by atoms with van der Waals surface area (Å²) in [6.07, 6.45) is 3.94. The number of aryl methyl sites for hydroxylation is 1. The Hall–Kier alpha value is -1.62. The van der Waals surface area contributed by atoms with Crippen LogP contribution in [0.3, 0.4) is 0 Å². The van der Waals surface area contributed by atoms with E-state index in [2.05, 4.69) is 15.2 Å². The van der Waals surface area contributed by atoms with Gasteiger partial charge in [-0.05, 0) is 44.8 Å². The van der Waals surface area contributed by atoms with Gasteiger partial charge >= 0.3 is 0 Å². The highest BCUT2D eigenvalue weighted by Gasteiger charge is 2.35. The van der Waals surface area contributed by atoms with Crippen molar-refractivity contribution in [2.45, 2.75) is 25.8 Å². The molecule has 0 radical (unpaired) electrons. The zero-order valence-electron chi connectivity index (χ0n) is 11.2. The lowest BCUT2D eigenvalue weighted by Gasteiger charge is -2.44. The largest absolute Gasteiger partial charge is 0.398 e. The average molecular weight is 260 g/mol. The molecule has 0 aromatic carbocycles. The molecule has 1 atom stereocenters. The standard InChI is InChI=1S/C14H20N4O/c1-9-6-12(15)11(7-16-9)14(19)17-13-8-18-4-2-10(13)3-5-18/h6-7,10,13H,2-5,8H2,1H3,(H2,15,16)(H,17,19). The molecule has 0 saturated carbocycles. The molecule has 102 valence electrons. The monoisotopic (exact) mass is 260 g/mol. The lowest BCUT2D eigenvalue weighted by atomic mass is 9.84. The van der Waals surface area contributed by atoms with E-state index in [0.717, 1.165) is 12.2 Å². The molecule has 1 amide bonds. The molecule has 1 aromatic rings. The second kappa shape index (κ2) is 4.81.